The molecule has 1 aromatic carbocycles. The molecule has 4 rings (SSSR count). The number of benzene rings is 1. The molecule has 0 bridgehead atoms. The number of carbonyl (C=O) groups excluding carboxylic acids is 1. The van der Waals surface area contributed by atoms with E-state index in [2.05, 4.69) is 15.3 Å². The Labute approximate surface area is 164 Å². The van der Waals surface area contributed by atoms with Crippen LogP contribution in [-0.4, -0.2) is 27.4 Å². The second-order valence-electron chi connectivity index (χ2n) is 5.95. The van der Waals surface area contributed by atoms with Crippen molar-refractivity contribution in [1.82, 2.24) is 19.7 Å². The number of aromatic nitrogens is 3. The van der Waals surface area contributed by atoms with E-state index in [-0.39, 0.29) is 12.1 Å². The van der Waals surface area contributed by atoms with Crippen LogP contribution in [0.3, 0.4) is 0 Å². The first-order valence-corrected chi connectivity index (χ1v) is 9.37. The van der Waals surface area contributed by atoms with Crippen LogP contribution in [0.15, 0.2) is 65.0 Å². The highest BCUT2D eigenvalue weighted by Gasteiger charge is 2.17. The van der Waals surface area contributed by atoms with Crippen LogP contribution >= 0.6 is 11.3 Å². The van der Waals surface area contributed by atoms with Crippen LogP contribution in [0, 0.1) is 0 Å². The Morgan fingerprint density at radius 2 is 2.00 bits per heavy atom. The van der Waals surface area contributed by atoms with Gasteiger partial charge >= 0.3 is 0 Å². The monoisotopic (exact) mass is 392 g/mol. The zero-order chi connectivity index (χ0) is 19.5. The van der Waals surface area contributed by atoms with E-state index in [0.717, 1.165) is 11.3 Å². The second-order valence-corrected chi connectivity index (χ2v) is 6.78. The van der Waals surface area contributed by atoms with Gasteiger partial charge in [-0.25, -0.2) is 4.98 Å². The fraction of sp³-hybridized carbons (Fsp3) is 0.100. The molecule has 140 valence electrons. The van der Waals surface area contributed by atoms with Crippen LogP contribution in [-0.2, 0) is 6.54 Å². The van der Waals surface area contributed by atoms with Crippen molar-refractivity contribution in [1.29, 1.82) is 0 Å². The molecule has 4 aromatic rings. The molecule has 0 aliphatic carbocycles. The fourth-order valence-electron chi connectivity index (χ4n) is 2.78. The highest BCUT2D eigenvalue weighted by atomic mass is 32.1. The molecule has 0 spiro atoms. The van der Waals surface area contributed by atoms with Crippen molar-refractivity contribution in [2.24, 2.45) is 0 Å². The van der Waals surface area contributed by atoms with Gasteiger partial charge < -0.3 is 10.1 Å². The first-order chi connectivity index (χ1) is 13.7. The van der Waals surface area contributed by atoms with Crippen LogP contribution in [0.4, 0.5) is 0 Å². The Kier molecular flexibility index (Phi) is 4.86. The van der Waals surface area contributed by atoms with E-state index >= 15 is 0 Å². The molecule has 8 heteroatoms. The molecule has 28 heavy (non-hydrogen) atoms. The number of carbonyl (C=O) groups is 1. The molecular weight excluding hydrogens is 376 g/mol. The van der Waals surface area contributed by atoms with E-state index in [4.69, 9.17) is 4.74 Å². The Hall–Kier alpha value is -3.52. The molecule has 3 heterocycles. The van der Waals surface area contributed by atoms with Crippen molar-refractivity contribution < 1.29 is 9.53 Å². The van der Waals surface area contributed by atoms with Gasteiger partial charge in [0.15, 0.2) is 4.96 Å². The van der Waals surface area contributed by atoms with E-state index in [1.807, 2.05) is 35.7 Å². The third-order valence-electron chi connectivity index (χ3n) is 4.23. The quantitative estimate of drug-likeness (QED) is 0.564. The summed E-state index contributed by atoms with van der Waals surface area (Å²) in [6.45, 7) is 0.233. The summed E-state index contributed by atoms with van der Waals surface area (Å²) in [7, 11) is 1.60. The molecule has 0 saturated carbocycles. The number of pyridine rings is 1. The van der Waals surface area contributed by atoms with E-state index in [1.165, 1.54) is 21.9 Å². The summed E-state index contributed by atoms with van der Waals surface area (Å²) in [5, 5.41) is 4.57. The van der Waals surface area contributed by atoms with Gasteiger partial charge in [0, 0.05) is 17.8 Å². The third kappa shape index (κ3) is 3.37. The molecule has 0 radical (unpaired) electrons. The Morgan fingerprint density at radius 3 is 2.71 bits per heavy atom. The molecule has 0 aliphatic heterocycles. The minimum absolute atomic E-state index is 0.0124. The average molecular weight is 392 g/mol. The number of hydrogen-bond acceptors (Lipinski definition) is 6. The summed E-state index contributed by atoms with van der Waals surface area (Å²) in [5.41, 5.74) is 1.80. The molecular formula is C20H16N4O3S. The SMILES string of the molecule is COc1ccc(-c2csc3ncc(C(=O)NCc4ccccn4)c(=O)n23)cc1. The van der Waals surface area contributed by atoms with Gasteiger partial charge in [-0.05, 0) is 42.0 Å². The number of fused-ring (bicyclic) bond motifs is 1. The first kappa shape index (κ1) is 17.9. The zero-order valence-corrected chi connectivity index (χ0v) is 15.8. The molecule has 1 N–H and O–H groups in total. The predicted molar refractivity (Wildman–Crippen MR) is 107 cm³/mol. The minimum atomic E-state index is -0.482. The summed E-state index contributed by atoms with van der Waals surface area (Å²) in [4.78, 5) is 34.5. The summed E-state index contributed by atoms with van der Waals surface area (Å²) >= 11 is 1.34. The normalized spacial score (nSPS) is 10.8. The number of thiazole rings is 1. The summed E-state index contributed by atoms with van der Waals surface area (Å²) in [6.07, 6.45) is 2.97. The van der Waals surface area contributed by atoms with Gasteiger partial charge in [0.25, 0.3) is 11.5 Å². The lowest BCUT2D eigenvalue weighted by atomic mass is 10.1. The Balaban J connectivity index is 1.67. The molecule has 7 nitrogen and oxygen atoms in total. The molecule has 0 saturated heterocycles. The van der Waals surface area contributed by atoms with E-state index < -0.39 is 11.5 Å². The van der Waals surface area contributed by atoms with Crippen LogP contribution in [0.25, 0.3) is 16.2 Å². The Bertz CT molecular complexity index is 1180. The van der Waals surface area contributed by atoms with Gasteiger partial charge in [0.1, 0.15) is 11.3 Å². The van der Waals surface area contributed by atoms with Gasteiger partial charge in [-0.1, -0.05) is 6.07 Å². The number of nitrogens with one attached hydrogen (secondary N) is 1. The van der Waals surface area contributed by atoms with E-state index in [0.29, 0.717) is 16.3 Å². The Morgan fingerprint density at radius 1 is 1.18 bits per heavy atom. The number of ether oxygens (including phenoxy) is 1. The number of rotatable bonds is 5. The molecule has 1 amide bonds. The maximum Gasteiger partial charge on any atom is 0.271 e. The van der Waals surface area contributed by atoms with Crippen LogP contribution in [0.1, 0.15) is 16.1 Å². The predicted octanol–water partition coefficient (Wildman–Crippen LogP) is 2.76. The van der Waals surface area contributed by atoms with Crippen molar-refractivity contribution >= 4 is 22.2 Å². The third-order valence-corrected chi connectivity index (χ3v) is 5.07. The van der Waals surface area contributed by atoms with Crippen molar-refractivity contribution in [2.45, 2.75) is 6.54 Å². The van der Waals surface area contributed by atoms with Gasteiger partial charge in [0.05, 0.1) is 25.0 Å². The standard InChI is InChI=1S/C20H16N4O3S/c1-27-15-7-5-13(6-8-15)17-12-28-20-23-11-16(19(26)24(17)20)18(25)22-10-14-4-2-3-9-21-14/h2-9,11-12H,10H2,1H3,(H,22,25). The number of methoxy groups -OCH3 is 1. The zero-order valence-electron chi connectivity index (χ0n) is 15.0. The van der Waals surface area contributed by atoms with E-state index in [1.54, 1.807) is 25.4 Å². The van der Waals surface area contributed by atoms with Crippen LogP contribution in [0.2, 0.25) is 0 Å². The van der Waals surface area contributed by atoms with Crippen LogP contribution in [0.5, 0.6) is 5.75 Å². The molecule has 0 aliphatic rings. The molecule has 0 atom stereocenters. The lowest BCUT2D eigenvalue weighted by Crippen LogP contribution is -2.31. The number of amides is 1. The van der Waals surface area contributed by atoms with Gasteiger partial charge in [-0.2, -0.15) is 0 Å². The van der Waals surface area contributed by atoms with Crippen LogP contribution < -0.4 is 15.6 Å². The number of nitrogens with zero attached hydrogens (tertiary/aromatic N) is 3. The molecule has 0 fully saturated rings. The van der Waals surface area contributed by atoms with Crippen molar-refractivity contribution in [3.05, 3.63) is 81.8 Å². The highest BCUT2D eigenvalue weighted by molar-refractivity contribution is 7.15. The average Bonchev–Trinajstić information content (AvgIpc) is 3.18. The maximum atomic E-state index is 13.0. The summed E-state index contributed by atoms with van der Waals surface area (Å²) in [6, 6.07) is 12.8. The first-order valence-electron chi connectivity index (χ1n) is 8.49. The highest BCUT2D eigenvalue weighted by Crippen LogP contribution is 2.25. The lowest BCUT2D eigenvalue weighted by molar-refractivity contribution is 0.0948. The lowest BCUT2D eigenvalue weighted by Gasteiger charge is -2.06. The molecule has 3 aromatic heterocycles. The second kappa shape index (κ2) is 7.61. The maximum absolute atomic E-state index is 13.0. The van der Waals surface area contributed by atoms with Crippen molar-refractivity contribution in [2.75, 3.05) is 7.11 Å². The van der Waals surface area contributed by atoms with Gasteiger partial charge in [-0.3, -0.25) is 19.0 Å². The topological polar surface area (TPSA) is 85.6 Å². The van der Waals surface area contributed by atoms with E-state index in [9.17, 15) is 9.59 Å². The van der Waals surface area contributed by atoms with Crippen molar-refractivity contribution in [3.63, 3.8) is 0 Å². The number of hydrogen-bond donors (Lipinski definition) is 1. The van der Waals surface area contributed by atoms with Gasteiger partial charge in [-0.15, -0.1) is 11.3 Å². The fourth-order valence-corrected chi connectivity index (χ4v) is 3.64. The minimum Gasteiger partial charge on any atom is -0.497 e. The summed E-state index contributed by atoms with van der Waals surface area (Å²) in [5.74, 6) is 0.243. The van der Waals surface area contributed by atoms with Gasteiger partial charge in [0.2, 0.25) is 0 Å². The van der Waals surface area contributed by atoms with Crippen molar-refractivity contribution in [3.8, 4) is 17.0 Å². The molecule has 0 unspecified atom stereocenters. The summed E-state index contributed by atoms with van der Waals surface area (Å²) < 4.78 is 6.64. The smallest absolute Gasteiger partial charge is 0.271 e. The largest absolute Gasteiger partial charge is 0.497 e.